The van der Waals surface area contributed by atoms with Crippen LogP contribution in [-0.2, 0) is 0 Å². The summed E-state index contributed by atoms with van der Waals surface area (Å²) in [6, 6.07) is 10.9. The van der Waals surface area contributed by atoms with E-state index in [1.54, 1.807) is 24.4 Å². The van der Waals surface area contributed by atoms with Crippen LogP contribution in [0.4, 0.5) is 0 Å². The molecule has 4 nitrogen and oxygen atoms in total. The Balaban J connectivity index is 2.66. The molecule has 0 atom stereocenters. The molecule has 0 unspecified atom stereocenters. The number of para-hydroxylation sites is 1. The van der Waals surface area contributed by atoms with Gasteiger partial charge >= 0.3 is 0 Å². The van der Waals surface area contributed by atoms with E-state index in [2.05, 4.69) is 4.98 Å². The third-order valence-corrected chi connectivity index (χ3v) is 1.98. The summed E-state index contributed by atoms with van der Waals surface area (Å²) in [5.74, 6) is 0. The van der Waals surface area contributed by atoms with Gasteiger partial charge in [0.25, 0.3) is 5.56 Å². The fourth-order valence-corrected chi connectivity index (χ4v) is 1.28. The summed E-state index contributed by atoms with van der Waals surface area (Å²) in [5.41, 5.74) is 0.231. The van der Waals surface area contributed by atoms with E-state index >= 15 is 0 Å². The molecule has 4 heteroatoms. The van der Waals surface area contributed by atoms with Gasteiger partial charge in [0.1, 0.15) is 6.07 Å². The summed E-state index contributed by atoms with van der Waals surface area (Å²) < 4.78 is 1.39. The van der Waals surface area contributed by atoms with Gasteiger partial charge in [-0.2, -0.15) is 5.26 Å². The minimum atomic E-state index is -0.397. The van der Waals surface area contributed by atoms with Gasteiger partial charge in [0.15, 0.2) is 0 Å². The summed E-state index contributed by atoms with van der Waals surface area (Å²) >= 11 is 0. The summed E-state index contributed by atoms with van der Waals surface area (Å²) in [5, 5.41) is 8.66. The minimum absolute atomic E-state index is 0.0960. The Morgan fingerprint density at radius 1 is 1.27 bits per heavy atom. The van der Waals surface area contributed by atoms with Gasteiger partial charge in [-0.15, -0.1) is 0 Å². The summed E-state index contributed by atoms with van der Waals surface area (Å²) in [6.45, 7) is 0. The molecule has 0 aliphatic carbocycles. The van der Waals surface area contributed by atoms with Gasteiger partial charge in [-0.25, -0.2) is 4.98 Å². The van der Waals surface area contributed by atoms with Crippen molar-refractivity contribution in [2.45, 2.75) is 0 Å². The van der Waals surface area contributed by atoms with Gasteiger partial charge in [0, 0.05) is 18.1 Å². The molecular weight excluding hydrogens is 190 g/mol. The lowest BCUT2D eigenvalue weighted by Crippen LogP contribution is -2.21. The molecule has 1 aromatic heterocycles. The van der Waals surface area contributed by atoms with Crippen LogP contribution in [0.2, 0.25) is 0 Å². The van der Waals surface area contributed by atoms with Crippen molar-refractivity contribution in [3.05, 3.63) is 58.8 Å². The number of aromatic nitrogens is 2. The standard InChI is InChI=1S/C11H7N3O/c12-8-10-11(15)14(7-6-13-10)9-4-2-1-3-5-9/h1-7H. The third kappa shape index (κ3) is 1.63. The molecule has 2 rings (SSSR count). The molecule has 0 saturated heterocycles. The highest BCUT2D eigenvalue weighted by molar-refractivity contribution is 5.32. The van der Waals surface area contributed by atoms with Gasteiger partial charge < -0.3 is 0 Å². The van der Waals surface area contributed by atoms with Crippen molar-refractivity contribution in [1.82, 2.24) is 9.55 Å². The highest BCUT2D eigenvalue weighted by Gasteiger charge is 2.04. The lowest BCUT2D eigenvalue weighted by molar-refractivity contribution is 0.943. The van der Waals surface area contributed by atoms with Gasteiger partial charge in [-0.05, 0) is 12.1 Å². The number of hydrogen-bond donors (Lipinski definition) is 0. The molecule has 0 saturated carbocycles. The van der Waals surface area contributed by atoms with Crippen molar-refractivity contribution in [2.75, 3.05) is 0 Å². The average Bonchev–Trinajstić information content (AvgIpc) is 2.30. The number of benzene rings is 1. The lowest BCUT2D eigenvalue weighted by Gasteiger charge is -2.03. The van der Waals surface area contributed by atoms with Crippen LogP contribution in [0.25, 0.3) is 5.69 Å². The molecule has 0 bridgehead atoms. The first-order valence-electron chi connectivity index (χ1n) is 4.36. The lowest BCUT2D eigenvalue weighted by atomic mass is 10.3. The molecule has 2 aromatic rings. The Hall–Kier alpha value is -2.41. The Labute approximate surface area is 86.1 Å². The average molecular weight is 197 g/mol. The number of rotatable bonds is 1. The van der Waals surface area contributed by atoms with E-state index in [-0.39, 0.29) is 5.69 Å². The first-order chi connectivity index (χ1) is 7.33. The molecular formula is C11H7N3O. The maximum absolute atomic E-state index is 11.7. The zero-order valence-corrected chi connectivity index (χ0v) is 7.79. The van der Waals surface area contributed by atoms with Crippen molar-refractivity contribution in [3.8, 4) is 11.8 Å². The maximum Gasteiger partial charge on any atom is 0.291 e. The Morgan fingerprint density at radius 2 is 2.00 bits per heavy atom. The van der Waals surface area contributed by atoms with E-state index in [0.717, 1.165) is 5.69 Å². The molecule has 0 spiro atoms. The second-order valence-electron chi connectivity index (χ2n) is 2.90. The highest BCUT2D eigenvalue weighted by atomic mass is 16.1. The summed E-state index contributed by atoms with van der Waals surface area (Å²) in [7, 11) is 0. The first kappa shape index (κ1) is 9.16. The van der Waals surface area contributed by atoms with E-state index < -0.39 is 5.56 Å². The number of hydrogen-bond acceptors (Lipinski definition) is 3. The molecule has 0 aliphatic rings. The van der Waals surface area contributed by atoms with Crippen LogP contribution < -0.4 is 5.56 Å². The van der Waals surface area contributed by atoms with Crippen LogP contribution in [0.15, 0.2) is 47.5 Å². The van der Waals surface area contributed by atoms with Crippen molar-refractivity contribution in [2.24, 2.45) is 0 Å². The molecule has 0 N–H and O–H groups in total. The maximum atomic E-state index is 11.7. The Kier molecular flexibility index (Phi) is 2.30. The van der Waals surface area contributed by atoms with Crippen molar-refractivity contribution >= 4 is 0 Å². The molecule has 1 heterocycles. The molecule has 0 radical (unpaired) electrons. The molecule has 15 heavy (non-hydrogen) atoms. The minimum Gasteiger partial charge on any atom is -0.280 e. The van der Waals surface area contributed by atoms with Gasteiger partial charge in [-0.1, -0.05) is 18.2 Å². The second kappa shape index (κ2) is 3.76. The Morgan fingerprint density at radius 3 is 2.67 bits per heavy atom. The van der Waals surface area contributed by atoms with Gasteiger partial charge in [0.05, 0.1) is 0 Å². The molecule has 0 amide bonds. The van der Waals surface area contributed by atoms with Crippen LogP contribution in [0.3, 0.4) is 0 Å². The van der Waals surface area contributed by atoms with Crippen LogP contribution in [0.1, 0.15) is 5.69 Å². The zero-order valence-electron chi connectivity index (χ0n) is 7.79. The predicted octanol–water partition coefficient (Wildman–Crippen LogP) is 1.10. The van der Waals surface area contributed by atoms with Crippen LogP contribution in [0.5, 0.6) is 0 Å². The summed E-state index contributed by atoms with van der Waals surface area (Å²) in [6.07, 6.45) is 2.98. The van der Waals surface area contributed by atoms with Gasteiger partial charge in [-0.3, -0.25) is 9.36 Å². The fraction of sp³-hybridized carbons (Fsp3) is 0. The topological polar surface area (TPSA) is 58.7 Å². The predicted molar refractivity (Wildman–Crippen MR) is 54.5 cm³/mol. The van der Waals surface area contributed by atoms with Crippen LogP contribution in [0, 0.1) is 11.3 Å². The fourth-order valence-electron chi connectivity index (χ4n) is 1.28. The van der Waals surface area contributed by atoms with E-state index in [9.17, 15) is 4.79 Å². The van der Waals surface area contributed by atoms with Crippen molar-refractivity contribution < 1.29 is 0 Å². The highest BCUT2D eigenvalue weighted by Crippen LogP contribution is 2.02. The number of nitrogens with zero attached hydrogens (tertiary/aromatic N) is 3. The second-order valence-corrected chi connectivity index (χ2v) is 2.90. The van der Waals surface area contributed by atoms with E-state index in [1.165, 1.54) is 10.8 Å². The van der Waals surface area contributed by atoms with Crippen molar-refractivity contribution in [1.29, 1.82) is 5.26 Å². The molecule has 0 aliphatic heterocycles. The van der Waals surface area contributed by atoms with Crippen molar-refractivity contribution in [3.63, 3.8) is 0 Å². The van der Waals surface area contributed by atoms with Crippen LogP contribution in [-0.4, -0.2) is 9.55 Å². The zero-order chi connectivity index (χ0) is 10.7. The largest absolute Gasteiger partial charge is 0.291 e. The van der Waals surface area contributed by atoms with E-state index in [0.29, 0.717) is 0 Å². The van der Waals surface area contributed by atoms with Crippen LogP contribution >= 0.6 is 0 Å². The summed E-state index contributed by atoms with van der Waals surface area (Å²) in [4.78, 5) is 15.4. The first-order valence-corrected chi connectivity index (χ1v) is 4.36. The van der Waals surface area contributed by atoms with E-state index in [1.807, 2.05) is 18.2 Å². The quantitative estimate of drug-likeness (QED) is 0.687. The molecule has 0 fully saturated rings. The third-order valence-electron chi connectivity index (χ3n) is 1.98. The monoisotopic (exact) mass is 197 g/mol. The SMILES string of the molecule is N#Cc1nccn(-c2ccccc2)c1=O. The van der Waals surface area contributed by atoms with Gasteiger partial charge in [0.2, 0.25) is 5.69 Å². The molecule has 1 aromatic carbocycles. The normalized spacial score (nSPS) is 9.53. The van der Waals surface area contributed by atoms with E-state index in [4.69, 9.17) is 5.26 Å². The number of nitriles is 1. The molecule has 72 valence electrons. The Bertz CT molecular complexity index is 566. The smallest absolute Gasteiger partial charge is 0.280 e.